The molecule has 3 aromatic carbocycles. The number of nitrogens with zero attached hydrogens (tertiary/aromatic N) is 3. The second-order valence-electron chi connectivity index (χ2n) is 8.48. The van der Waals surface area contributed by atoms with E-state index in [4.69, 9.17) is 9.72 Å². The van der Waals surface area contributed by atoms with E-state index < -0.39 is 5.92 Å². The lowest BCUT2D eigenvalue weighted by atomic mass is 9.96. The smallest absolute Gasteiger partial charge is 0.266 e. The fraction of sp³-hybridized carbons (Fsp3) is 0.222. The van der Waals surface area contributed by atoms with Crippen molar-refractivity contribution in [3.8, 4) is 11.4 Å². The van der Waals surface area contributed by atoms with Gasteiger partial charge >= 0.3 is 0 Å². The number of hydrogen-bond donors (Lipinski definition) is 0. The van der Waals surface area contributed by atoms with Crippen molar-refractivity contribution in [1.82, 2.24) is 9.55 Å². The Bertz CT molecular complexity index is 1420. The minimum Gasteiger partial charge on any atom is -0.495 e. The minimum atomic E-state index is -0.419. The van der Waals surface area contributed by atoms with Crippen molar-refractivity contribution in [1.29, 1.82) is 0 Å². The van der Waals surface area contributed by atoms with E-state index in [0.29, 0.717) is 34.6 Å². The molecular formula is C27H25N3O3. The number of ether oxygens (including phenoxy) is 1. The Morgan fingerprint density at radius 1 is 0.909 bits per heavy atom. The molecule has 1 aromatic heterocycles. The van der Waals surface area contributed by atoms with Crippen LogP contribution >= 0.6 is 0 Å². The first-order chi connectivity index (χ1) is 16.0. The molecule has 1 unspecified atom stereocenters. The van der Waals surface area contributed by atoms with E-state index >= 15 is 0 Å². The van der Waals surface area contributed by atoms with Crippen molar-refractivity contribution < 1.29 is 9.53 Å². The molecule has 6 nitrogen and oxygen atoms in total. The first-order valence-corrected chi connectivity index (χ1v) is 11.1. The molecule has 0 fully saturated rings. The minimum absolute atomic E-state index is 0.0279. The van der Waals surface area contributed by atoms with Gasteiger partial charge in [0.25, 0.3) is 5.56 Å². The molecule has 1 amide bonds. The zero-order valence-electron chi connectivity index (χ0n) is 18.9. The lowest BCUT2D eigenvalue weighted by Crippen LogP contribution is -2.36. The molecule has 0 N–H and O–H groups in total. The van der Waals surface area contributed by atoms with Gasteiger partial charge < -0.3 is 9.64 Å². The van der Waals surface area contributed by atoms with E-state index in [2.05, 4.69) is 0 Å². The third-order valence-corrected chi connectivity index (χ3v) is 6.18. The van der Waals surface area contributed by atoms with Crippen molar-refractivity contribution in [3.63, 3.8) is 0 Å². The average Bonchev–Trinajstić information content (AvgIpc) is 3.11. The average molecular weight is 440 g/mol. The van der Waals surface area contributed by atoms with Gasteiger partial charge in [-0.05, 0) is 49.7 Å². The molecule has 0 bridgehead atoms. The van der Waals surface area contributed by atoms with Gasteiger partial charge in [-0.1, -0.05) is 42.5 Å². The van der Waals surface area contributed by atoms with Crippen molar-refractivity contribution in [2.24, 2.45) is 0 Å². The van der Waals surface area contributed by atoms with Gasteiger partial charge in [-0.3, -0.25) is 14.2 Å². The SMILES string of the molecule is COc1ccccc1-n1c(CC2C(=O)N(C(C)C)c3ccccc32)nc2ccccc2c1=O. The fourth-order valence-electron chi connectivity index (χ4n) is 4.71. The monoisotopic (exact) mass is 439 g/mol. The van der Waals surface area contributed by atoms with Crippen LogP contribution in [0.2, 0.25) is 0 Å². The molecule has 0 spiro atoms. The standard InChI is InChI=1S/C27H25N3O3/c1-17(2)29-22-13-7-5-10-18(22)20(27(29)32)16-25-28-21-12-6-4-11-19(21)26(31)30(25)23-14-8-9-15-24(23)33-3/h4-15,17,20H,16H2,1-3H3. The molecule has 166 valence electrons. The largest absolute Gasteiger partial charge is 0.495 e. The van der Waals surface area contributed by atoms with Gasteiger partial charge in [-0.15, -0.1) is 0 Å². The molecule has 2 heterocycles. The highest BCUT2D eigenvalue weighted by molar-refractivity contribution is 6.05. The summed E-state index contributed by atoms with van der Waals surface area (Å²) >= 11 is 0. The molecule has 0 saturated carbocycles. The molecule has 0 aliphatic carbocycles. The van der Waals surface area contributed by atoms with Gasteiger partial charge in [-0.2, -0.15) is 0 Å². The number of methoxy groups -OCH3 is 1. The van der Waals surface area contributed by atoms with Crippen LogP contribution in [0.3, 0.4) is 0 Å². The normalized spacial score (nSPS) is 15.3. The Labute approximate surface area is 192 Å². The number of anilines is 1. The van der Waals surface area contributed by atoms with Gasteiger partial charge in [0.15, 0.2) is 0 Å². The highest BCUT2D eigenvalue weighted by atomic mass is 16.5. The molecule has 1 aliphatic heterocycles. The van der Waals surface area contributed by atoms with E-state index in [0.717, 1.165) is 11.3 Å². The zero-order valence-corrected chi connectivity index (χ0v) is 18.9. The lowest BCUT2D eigenvalue weighted by Gasteiger charge is -2.22. The topological polar surface area (TPSA) is 64.4 Å². The summed E-state index contributed by atoms with van der Waals surface area (Å²) in [4.78, 5) is 33.9. The highest BCUT2D eigenvalue weighted by Crippen LogP contribution is 2.40. The maximum Gasteiger partial charge on any atom is 0.266 e. The van der Waals surface area contributed by atoms with Crippen molar-refractivity contribution in [3.05, 3.63) is 94.5 Å². The molecule has 33 heavy (non-hydrogen) atoms. The predicted molar refractivity (Wildman–Crippen MR) is 129 cm³/mol. The second-order valence-corrected chi connectivity index (χ2v) is 8.48. The van der Waals surface area contributed by atoms with Gasteiger partial charge in [0, 0.05) is 18.2 Å². The number of carbonyl (C=O) groups is 1. The van der Waals surface area contributed by atoms with E-state index in [-0.39, 0.29) is 17.5 Å². The van der Waals surface area contributed by atoms with Gasteiger partial charge in [0.05, 0.1) is 29.6 Å². The van der Waals surface area contributed by atoms with Crippen molar-refractivity contribution in [2.45, 2.75) is 32.2 Å². The number of aromatic nitrogens is 2. The van der Waals surface area contributed by atoms with E-state index in [1.165, 1.54) is 0 Å². The van der Waals surface area contributed by atoms with Crippen LogP contribution in [0.25, 0.3) is 16.6 Å². The van der Waals surface area contributed by atoms with E-state index in [1.807, 2.05) is 85.5 Å². The second kappa shape index (κ2) is 8.20. The Morgan fingerprint density at radius 2 is 1.58 bits per heavy atom. The first kappa shape index (κ1) is 20.9. The number of amides is 1. The molecule has 1 atom stereocenters. The Morgan fingerprint density at radius 3 is 2.33 bits per heavy atom. The third kappa shape index (κ3) is 3.39. The summed E-state index contributed by atoms with van der Waals surface area (Å²) in [6, 6.07) is 22.6. The van der Waals surface area contributed by atoms with E-state index in [9.17, 15) is 9.59 Å². The molecule has 5 rings (SSSR count). The van der Waals surface area contributed by atoms with Crippen LogP contribution in [0.15, 0.2) is 77.6 Å². The maximum absolute atomic E-state index is 13.7. The number of para-hydroxylation sites is 4. The molecule has 6 heteroatoms. The zero-order chi connectivity index (χ0) is 23.1. The summed E-state index contributed by atoms with van der Waals surface area (Å²) in [6.45, 7) is 4.02. The molecule has 4 aromatic rings. The lowest BCUT2D eigenvalue weighted by molar-refractivity contribution is -0.119. The maximum atomic E-state index is 13.7. The first-order valence-electron chi connectivity index (χ1n) is 11.1. The Hall–Kier alpha value is -3.93. The number of fused-ring (bicyclic) bond motifs is 2. The summed E-state index contributed by atoms with van der Waals surface area (Å²) in [6.07, 6.45) is 0.303. The van der Waals surface area contributed by atoms with Crippen LogP contribution in [0, 0.1) is 0 Å². The summed E-state index contributed by atoms with van der Waals surface area (Å²) in [7, 11) is 1.58. The van der Waals surface area contributed by atoms with Gasteiger partial charge in [0.1, 0.15) is 11.6 Å². The molecule has 0 saturated heterocycles. The summed E-state index contributed by atoms with van der Waals surface area (Å²) in [5, 5.41) is 0.522. The van der Waals surface area contributed by atoms with Crippen LogP contribution in [-0.4, -0.2) is 28.6 Å². The van der Waals surface area contributed by atoms with Gasteiger partial charge in [0.2, 0.25) is 5.91 Å². The van der Waals surface area contributed by atoms with Crippen LogP contribution in [0.1, 0.15) is 31.2 Å². The van der Waals surface area contributed by atoms with Crippen LogP contribution in [0.5, 0.6) is 5.75 Å². The molecular weight excluding hydrogens is 414 g/mol. The summed E-state index contributed by atoms with van der Waals surface area (Å²) in [5.74, 6) is 0.708. The number of rotatable bonds is 5. The molecule has 1 aliphatic rings. The number of benzene rings is 3. The Kier molecular flexibility index (Phi) is 5.21. The molecule has 0 radical (unpaired) electrons. The number of carbonyl (C=O) groups excluding carboxylic acids is 1. The quantitative estimate of drug-likeness (QED) is 0.460. The van der Waals surface area contributed by atoms with Crippen LogP contribution in [0.4, 0.5) is 5.69 Å². The predicted octanol–water partition coefficient (Wildman–Crippen LogP) is 4.48. The highest BCUT2D eigenvalue weighted by Gasteiger charge is 2.39. The van der Waals surface area contributed by atoms with E-state index in [1.54, 1.807) is 17.7 Å². The number of hydrogen-bond acceptors (Lipinski definition) is 4. The third-order valence-electron chi connectivity index (χ3n) is 6.18. The van der Waals surface area contributed by atoms with Crippen LogP contribution in [-0.2, 0) is 11.2 Å². The Balaban J connectivity index is 1.72. The van der Waals surface area contributed by atoms with Crippen molar-refractivity contribution >= 4 is 22.5 Å². The van der Waals surface area contributed by atoms with Gasteiger partial charge in [-0.25, -0.2) is 4.98 Å². The summed E-state index contributed by atoms with van der Waals surface area (Å²) < 4.78 is 7.15. The summed E-state index contributed by atoms with van der Waals surface area (Å²) in [5.41, 5.74) is 2.93. The fourth-order valence-corrected chi connectivity index (χ4v) is 4.71. The van der Waals surface area contributed by atoms with Crippen LogP contribution < -0.4 is 15.2 Å². The van der Waals surface area contributed by atoms with Crippen molar-refractivity contribution in [2.75, 3.05) is 12.0 Å².